The predicted octanol–water partition coefficient (Wildman–Crippen LogP) is 3.10. The van der Waals surface area contributed by atoms with Crippen LogP contribution in [-0.2, 0) is 4.74 Å². The lowest BCUT2D eigenvalue weighted by atomic mass is 10.1. The normalized spacial score (nSPS) is 12.6. The highest BCUT2D eigenvalue weighted by Gasteiger charge is 2.03. The van der Waals surface area contributed by atoms with Crippen molar-refractivity contribution in [1.82, 2.24) is 0 Å². The van der Waals surface area contributed by atoms with E-state index in [9.17, 15) is 0 Å². The van der Waals surface area contributed by atoms with Crippen LogP contribution in [-0.4, -0.2) is 12.8 Å². The van der Waals surface area contributed by atoms with Gasteiger partial charge in [0.2, 0.25) is 0 Å². The molecular weight excluding hydrogens is 174 g/mol. The minimum atomic E-state index is 0.0699. The summed E-state index contributed by atoms with van der Waals surface area (Å²) in [5, 5.41) is 3.33. The molecule has 0 spiro atoms. The van der Waals surface area contributed by atoms with Crippen LogP contribution in [0.5, 0.6) is 0 Å². The van der Waals surface area contributed by atoms with Gasteiger partial charge < -0.3 is 10.1 Å². The quantitative estimate of drug-likeness (QED) is 0.742. The van der Waals surface area contributed by atoms with Crippen LogP contribution in [0.25, 0.3) is 0 Å². The summed E-state index contributed by atoms with van der Waals surface area (Å²) in [5.41, 5.74) is 3.75. The van der Waals surface area contributed by atoms with Crippen molar-refractivity contribution in [3.8, 4) is 0 Å². The number of nitrogens with one attached hydrogen (secondary N) is 1. The number of aryl methyl sites for hydroxylation is 1. The molecule has 14 heavy (non-hydrogen) atoms. The molecule has 78 valence electrons. The second kappa shape index (κ2) is 5.01. The number of benzene rings is 1. The van der Waals surface area contributed by atoms with E-state index in [1.165, 1.54) is 11.1 Å². The van der Waals surface area contributed by atoms with Gasteiger partial charge in [-0.1, -0.05) is 12.1 Å². The number of anilines is 1. The van der Waals surface area contributed by atoms with Crippen LogP contribution in [0.2, 0.25) is 0 Å². The van der Waals surface area contributed by atoms with E-state index in [-0.39, 0.29) is 6.23 Å². The molecule has 0 aliphatic rings. The fourth-order valence-corrected chi connectivity index (χ4v) is 1.42. The van der Waals surface area contributed by atoms with E-state index < -0.39 is 0 Å². The Hall–Kier alpha value is -1.02. The first-order valence-corrected chi connectivity index (χ1v) is 5.09. The van der Waals surface area contributed by atoms with Crippen LogP contribution in [0.4, 0.5) is 5.69 Å². The summed E-state index contributed by atoms with van der Waals surface area (Å²) >= 11 is 0. The maximum Gasteiger partial charge on any atom is 0.124 e. The minimum absolute atomic E-state index is 0.0699. The standard InChI is InChI=1S/C12H19NO/c1-5-14-11(4)13-12-8-6-7-9(2)10(12)3/h6-8,11,13H,5H2,1-4H3. The summed E-state index contributed by atoms with van der Waals surface area (Å²) in [7, 11) is 0. The Bertz CT molecular complexity index is 296. The zero-order chi connectivity index (χ0) is 10.6. The maximum atomic E-state index is 5.43. The Kier molecular flexibility index (Phi) is 3.96. The molecule has 0 saturated heterocycles. The molecule has 2 heteroatoms. The molecule has 0 aliphatic heterocycles. The highest BCUT2D eigenvalue weighted by atomic mass is 16.5. The number of hydrogen-bond donors (Lipinski definition) is 1. The molecule has 0 amide bonds. The summed E-state index contributed by atoms with van der Waals surface area (Å²) < 4.78 is 5.43. The molecule has 2 nitrogen and oxygen atoms in total. The van der Waals surface area contributed by atoms with Crippen molar-refractivity contribution in [2.75, 3.05) is 11.9 Å². The molecule has 0 fully saturated rings. The van der Waals surface area contributed by atoms with E-state index in [4.69, 9.17) is 4.74 Å². The van der Waals surface area contributed by atoms with Crippen molar-refractivity contribution < 1.29 is 4.74 Å². The van der Waals surface area contributed by atoms with Gasteiger partial charge in [0.1, 0.15) is 6.23 Å². The van der Waals surface area contributed by atoms with Gasteiger partial charge in [-0.3, -0.25) is 0 Å². The molecule has 1 aromatic rings. The number of rotatable bonds is 4. The first-order valence-electron chi connectivity index (χ1n) is 5.09. The third-order valence-electron chi connectivity index (χ3n) is 2.38. The summed E-state index contributed by atoms with van der Waals surface area (Å²) in [5.74, 6) is 0. The third kappa shape index (κ3) is 2.74. The Morgan fingerprint density at radius 1 is 1.36 bits per heavy atom. The zero-order valence-corrected chi connectivity index (χ0v) is 9.42. The van der Waals surface area contributed by atoms with E-state index >= 15 is 0 Å². The van der Waals surface area contributed by atoms with Crippen molar-refractivity contribution in [2.24, 2.45) is 0 Å². The van der Waals surface area contributed by atoms with E-state index in [0.29, 0.717) is 0 Å². The molecule has 0 aromatic heterocycles. The molecule has 1 N–H and O–H groups in total. The summed E-state index contributed by atoms with van der Waals surface area (Å²) in [6.07, 6.45) is 0.0699. The lowest BCUT2D eigenvalue weighted by molar-refractivity contribution is 0.0961. The van der Waals surface area contributed by atoms with Crippen molar-refractivity contribution >= 4 is 5.69 Å². The Morgan fingerprint density at radius 2 is 2.07 bits per heavy atom. The van der Waals surface area contributed by atoms with Gasteiger partial charge in [-0.2, -0.15) is 0 Å². The van der Waals surface area contributed by atoms with Gasteiger partial charge >= 0.3 is 0 Å². The van der Waals surface area contributed by atoms with Crippen molar-refractivity contribution in [3.63, 3.8) is 0 Å². The summed E-state index contributed by atoms with van der Waals surface area (Å²) in [4.78, 5) is 0. The van der Waals surface area contributed by atoms with E-state index in [1.54, 1.807) is 0 Å². The van der Waals surface area contributed by atoms with E-state index in [2.05, 4.69) is 37.4 Å². The number of ether oxygens (including phenoxy) is 1. The van der Waals surface area contributed by atoms with Gasteiger partial charge in [-0.05, 0) is 44.9 Å². The Morgan fingerprint density at radius 3 is 2.71 bits per heavy atom. The summed E-state index contributed by atoms with van der Waals surface area (Å²) in [6.45, 7) is 8.99. The van der Waals surface area contributed by atoms with E-state index in [1.807, 2.05) is 13.8 Å². The molecule has 0 bridgehead atoms. The fraction of sp³-hybridized carbons (Fsp3) is 0.500. The Labute approximate surface area is 86.3 Å². The van der Waals surface area contributed by atoms with Gasteiger partial charge in [0, 0.05) is 12.3 Å². The highest BCUT2D eigenvalue weighted by Crippen LogP contribution is 2.18. The van der Waals surface area contributed by atoms with Crippen molar-refractivity contribution in [1.29, 1.82) is 0 Å². The lowest BCUT2D eigenvalue weighted by Gasteiger charge is -2.17. The predicted molar refractivity (Wildman–Crippen MR) is 60.6 cm³/mol. The molecule has 1 atom stereocenters. The smallest absolute Gasteiger partial charge is 0.124 e. The second-order valence-corrected chi connectivity index (χ2v) is 3.49. The topological polar surface area (TPSA) is 21.3 Å². The zero-order valence-electron chi connectivity index (χ0n) is 9.42. The fourth-order valence-electron chi connectivity index (χ4n) is 1.42. The van der Waals surface area contributed by atoms with Gasteiger partial charge in [0.25, 0.3) is 0 Å². The van der Waals surface area contributed by atoms with E-state index in [0.717, 1.165) is 12.3 Å². The molecule has 0 saturated carbocycles. The molecular formula is C12H19NO. The minimum Gasteiger partial charge on any atom is -0.360 e. The average molecular weight is 193 g/mol. The second-order valence-electron chi connectivity index (χ2n) is 3.49. The number of hydrogen-bond acceptors (Lipinski definition) is 2. The van der Waals surface area contributed by atoms with Gasteiger partial charge in [-0.15, -0.1) is 0 Å². The van der Waals surface area contributed by atoms with Crippen molar-refractivity contribution in [3.05, 3.63) is 29.3 Å². The van der Waals surface area contributed by atoms with Gasteiger partial charge in [-0.25, -0.2) is 0 Å². The van der Waals surface area contributed by atoms with Gasteiger partial charge in [0.15, 0.2) is 0 Å². The first kappa shape index (κ1) is 11.1. The lowest BCUT2D eigenvalue weighted by Crippen LogP contribution is -2.19. The molecule has 1 rings (SSSR count). The Balaban J connectivity index is 2.71. The molecule has 1 unspecified atom stereocenters. The maximum absolute atomic E-state index is 5.43. The average Bonchev–Trinajstić information content (AvgIpc) is 2.13. The van der Waals surface area contributed by atoms with Crippen LogP contribution < -0.4 is 5.32 Å². The van der Waals surface area contributed by atoms with Crippen LogP contribution in [0.15, 0.2) is 18.2 Å². The largest absolute Gasteiger partial charge is 0.360 e. The molecule has 1 aromatic carbocycles. The van der Waals surface area contributed by atoms with Crippen LogP contribution in [0.1, 0.15) is 25.0 Å². The third-order valence-corrected chi connectivity index (χ3v) is 2.38. The molecule has 0 radical (unpaired) electrons. The first-order chi connectivity index (χ1) is 6.65. The van der Waals surface area contributed by atoms with Crippen LogP contribution in [0, 0.1) is 13.8 Å². The monoisotopic (exact) mass is 193 g/mol. The highest BCUT2D eigenvalue weighted by molar-refractivity contribution is 5.53. The van der Waals surface area contributed by atoms with Crippen molar-refractivity contribution in [2.45, 2.75) is 33.9 Å². The molecule has 0 aliphatic carbocycles. The SMILES string of the molecule is CCOC(C)Nc1cccc(C)c1C. The van der Waals surface area contributed by atoms with Crippen LogP contribution in [0.3, 0.4) is 0 Å². The van der Waals surface area contributed by atoms with Crippen LogP contribution >= 0.6 is 0 Å². The summed E-state index contributed by atoms with van der Waals surface area (Å²) in [6, 6.07) is 6.26. The molecule has 0 heterocycles. The van der Waals surface area contributed by atoms with Gasteiger partial charge in [0.05, 0.1) is 0 Å².